The molecule has 0 unspecified atom stereocenters. The highest BCUT2D eigenvalue weighted by Crippen LogP contribution is 2.01. The van der Waals surface area contributed by atoms with Gasteiger partial charge in [-0.1, -0.05) is 30.3 Å². The molecule has 0 saturated heterocycles. The van der Waals surface area contributed by atoms with E-state index in [9.17, 15) is 4.79 Å². The molecule has 1 aromatic carbocycles. The van der Waals surface area contributed by atoms with E-state index in [-0.39, 0.29) is 0 Å². The third-order valence-electron chi connectivity index (χ3n) is 1.62. The maximum absolute atomic E-state index is 10.4. The molecule has 15 heavy (non-hydrogen) atoms. The van der Waals surface area contributed by atoms with E-state index >= 15 is 0 Å². The summed E-state index contributed by atoms with van der Waals surface area (Å²) < 4.78 is 0. The van der Waals surface area contributed by atoms with E-state index in [4.69, 9.17) is 21.9 Å². The highest BCUT2D eigenvalue weighted by molar-refractivity contribution is 5.73. The van der Waals surface area contributed by atoms with Crippen molar-refractivity contribution >= 4 is 5.97 Å². The summed E-state index contributed by atoms with van der Waals surface area (Å²) in [7, 11) is 0. The van der Waals surface area contributed by atoms with Crippen molar-refractivity contribution in [2.45, 2.75) is 12.5 Å². The zero-order valence-electron chi connectivity index (χ0n) is 8.00. The molecule has 0 aliphatic carbocycles. The molecule has 0 amide bonds. The van der Waals surface area contributed by atoms with Crippen LogP contribution in [0.15, 0.2) is 30.3 Å². The fourth-order valence-corrected chi connectivity index (χ4v) is 0.955. The van der Waals surface area contributed by atoms with Gasteiger partial charge in [-0.2, -0.15) is 0 Å². The molecule has 0 aliphatic heterocycles. The van der Waals surface area contributed by atoms with Crippen LogP contribution in [0, 0.1) is 5.53 Å². The number of benzene rings is 1. The maximum Gasteiger partial charge on any atom is 0.320 e. The van der Waals surface area contributed by atoms with Crippen LogP contribution >= 0.6 is 0 Å². The number of hydrogen-bond donors (Lipinski definition) is 3. The molecule has 0 aliphatic rings. The Morgan fingerprint density at radius 2 is 2.00 bits per heavy atom. The summed E-state index contributed by atoms with van der Waals surface area (Å²) in [4.78, 5) is 12.1. The average molecular weight is 208 g/mol. The third kappa shape index (κ3) is 6.09. The van der Waals surface area contributed by atoms with Gasteiger partial charge < -0.3 is 10.8 Å². The molecule has 0 heterocycles. The first-order valence-corrected chi connectivity index (χ1v) is 4.15. The molecular weight excluding hydrogens is 196 g/mol. The van der Waals surface area contributed by atoms with E-state index < -0.39 is 12.0 Å². The summed E-state index contributed by atoms with van der Waals surface area (Å²) in [5.41, 5.74) is 18.6. The van der Waals surface area contributed by atoms with E-state index in [2.05, 4.69) is 0 Å². The van der Waals surface area contributed by atoms with E-state index in [0.29, 0.717) is 6.42 Å². The van der Waals surface area contributed by atoms with Crippen LogP contribution in [-0.4, -0.2) is 17.1 Å². The Bertz CT molecular complexity index is 333. The highest BCUT2D eigenvalue weighted by Gasteiger charge is 2.10. The van der Waals surface area contributed by atoms with Crippen molar-refractivity contribution < 1.29 is 9.90 Å². The van der Waals surface area contributed by atoms with Gasteiger partial charge in [0.15, 0.2) is 0 Å². The van der Waals surface area contributed by atoms with Crippen molar-refractivity contribution in [1.29, 1.82) is 5.53 Å². The summed E-state index contributed by atoms with van der Waals surface area (Å²) in [5, 5.41) is 8.52. The van der Waals surface area contributed by atoms with Crippen LogP contribution < -0.4 is 5.73 Å². The van der Waals surface area contributed by atoms with Gasteiger partial charge in [0.25, 0.3) is 0 Å². The average Bonchev–Trinajstić information content (AvgIpc) is 2.20. The fraction of sp³-hybridized carbons (Fsp3) is 0.222. The van der Waals surface area contributed by atoms with Crippen molar-refractivity contribution in [3.8, 4) is 0 Å². The monoisotopic (exact) mass is 208 g/mol. The lowest BCUT2D eigenvalue weighted by molar-refractivity contribution is -0.138. The van der Waals surface area contributed by atoms with E-state index in [1.54, 1.807) is 4.91 Å². The minimum Gasteiger partial charge on any atom is -0.480 e. The number of carboxylic acid groups (broad SMARTS) is 1. The van der Waals surface area contributed by atoms with Crippen LogP contribution in [0.25, 0.3) is 10.4 Å². The van der Waals surface area contributed by atoms with Gasteiger partial charge in [-0.3, -0.25) is 4.79 Å². The molecule has 4 N–H and O–H groups in total. The van der Waals surface area contributed by atoms with Crippen LogP contribution in [0.3, 0.4) is 0 Å². The summed E-state index contributed by atoms with van der Waals surface area (Å²) in [5.74, 6) is -0.959. The number of nitrogens with two attached hydrogens (primary N) is 1. The molecule has 0 radical (unpaired) electrons. The lowest BCUT2D eigenvalue weighted by Crippen LogP contribution is -2.32. The Labute approximate surface area is 86.8 Å². The van der Waals surface area contributed by atoms with Crippen LogP contribution in [0.2, 0.25) is 0 Å². The zero-order chi connectivity index (χ0) is 11.7. The molecule has 0 fully saturated rings. The number of carboxylic acids is 1. The molecule has 6 heteroatoms. The normalized spacial score (nSPS) is 10.5. The second kappa shape index (κ2) is 7.37. The summed E-state index contributed by atoms with van der Waals surface area (Å²) in [6, 6.07) is 8.54. The van der Waals surface area contributed by atoms with Gasteiger partial charge in [0.05, 0.1) is 0 Å². The zero-order valence-corrected chi connectivity index (χ0v) is 8.00. The SMILES string of the molecule is N[C@@H](Cc1ccccc1)C(=O)O.[N-]=[N+]=N. The summed E-state index contributed by atoms with van der Waals surface area (Å²) in [6.45, 7) is 0. The molecule has 1 aromatic rings. The molecule has 6 nitrogen and oxygen atoms in total. The summed E-state index contributed by atoms with van der Waals surface area (Å²) in [6.07, 6.45) is 0.385. The van der Waals surface area contributed by atoms with Crippen LogP contribution in [0.4, 0.5) is 0 Å². The minimum atomic E-state index is -0.959. The Hall–Kier alpha value is -2.04. The van der Waals surface area contributed by atoms with Gasteiger partial charge >= 0.3 is 5.97 Å². The third-order valence-corrected chi connectivity index (χ3v) is 1.62. The number of nitrogens with zero attached hydrogens (tertiary/aromatic N) is 2. The minimum absolute atomic E-state index is 0.385. The topological polar surface area (TPSA) is 124 Å². The number of carbonyl (C=O) groups is 1. The lowest BCUT2D eigenvalue weighted by Gasteiger charge is -2.04. The highest BCUT2D eigenvalue weighted by atomic mass is 16.4. The lowest BCUT2D eigenvalue weighted by atomic mass is 10.1. The smallest absolute Gasteiger partial charge is 0.320 e. The maximum atomic E-state index is 10.4. The Balaban J connectivity index is 0.000000583. The van der Waals surface area contributed by atoms with Crippen molar-refractivity contribution in [1.82, 2.24) is 0 Å². The molecule has 1 rings (SSSR count). The number of aliphatic carboxylic acids is 1. The second-order valence-electron chi connectivity index (χ2n) is 2.73. The molecule has 0 bridgehead atoms. The first-order valence-electron chi connectivity index (χ1n) is 4.15. The predicted octanol–water partition coefficient (Wildman–Crippen LogP) is 1.52. The second-order valence-corrected chi connectivity index (χ2v) is 2.73. The Kier molecular flexibility index (Phi) is 6.37. The largest absolute Gasteiger partial charge is 0.480 e. The number of rotatable bonds is 3. The standard InChI is InChI=1S/C9H11NO2.HN3/c10-8(9(11)12)6-7-4-2-1-3-5-7;1-3-2/h1-5,8H,6,10H2,(H,11,12);1H/t8-;/m0./s1. The van der Waals surface area contributed by atoms with Crippen molar-refractivity contribution in [2.24, 2.45) is 5.73 Å². The van der Waals surface area contributed by atoms with Gasteiger partial charge in [0.1, 0.15) is 6.04 Å². The van der Waals surface area contributed by atoms with Crippen LogP contribution in [-0.2, 0) is 11.2 Å². The molecule has 0 spiro atoms. The van der Waals surface area contributed by atoms with Gasteiger partial charge in [0, 0.05) is 0 Å². The van der Waals surface area contributed by atoms with Crippen LogP contribution in [0.5, 0.6) is 0 Å². The van der Waals surface area contributed by atoms with Gasteiger partial charge in [-0.25, -0.2) is 0 Å². The van der Waals surface area contributed by atoms with E-state index in [0.717, 1.165) is 5.56 Å². The van der Waals surface area contributed by atoms with Crippen LogP contribution in [0.1, 0.15) is 5.56 Å². The van der Waals surface area contributed by atoms with Crippen molar-refractivity contribution in [3.63, 3.8) is 0 Å². The summed E-state index contributed by atoms with van der Waals surface area (Å²) >= 11 is 0. The first-order chi connectivity index (χ1) is 7.11. The number of nitrogens with one attached hydrogen (secondary N) is 1. The quantitative estimate of drug-likeness (QED) is 0.396. The first kappa shape index (κ1) is 13.0. The fourth-order valence-electron chi connectivity index (χ4n) is 0.955. The Morgan fingerprint density at radius 3 is 2.40 bits per heavy atom. The van der Waals surface area contributed by atoms with Gasteiger partial charge in [-0.15, -0.1) is 5.53 Å². The van der Waals surface area contributed by atoms with Crippen molar-refractivity contribution in [3.05, 3.63) is 46.3 Å². The molecule has 0 saturated carbocycles. The molecule has 0 aromatic heterocycles. The predicted molar refractivity (Wildman–Crippen MR) is 55.2 cm³/mol. The molecule has 80 valence electrons. The Morgan fingerprint density at radius 1 is 1.53 bits per heavy atom. The van der Waals surface area contributed by atoms with Gasteiger partial charge in [-0.05, 0) is 22.4 Å². The molecular formula is C9H12N4O2. The van der Waals surface area contributed by atoms with E-state index in [1.807, 2.05) is 30.3 Å². The van der Waals surface area contributed by atoms with E-state index in [1.165, 1.54) is 0 Å². The number of hydrogen-bond acceptors (Lipinski definition) is 3. The van der Waals surface area contributed by atoms with Crippen molar-refractivity contribution in [2.75, 3.05) is 0 Å². The molecule has 1 atom stereocenters. The van der Waals surface area contributed by atoms with Gasteiger partial charge in [0.2, 0.25) is 0 Å².